The number of nitrogens with one attached hydrogen (secondary N) is 1. The maximum absolute atomic E-state index is 10.9. The molecule has 0 saturated carbocycles. The van der Waals surface area contributed by atoms with Gasteiger partial charge in [0.15, 0.2) is 0 Å². The predicted octanol–water partition coefficient (Wildman–Crippen LogP) is 1.16. The summed E-state index contributed by atoms with van der Waals surface area (Å²) in [5.41, 5.74) is -0.698. The molecule has 0 aromatic carbocycles. The van der Waals surface area contributed by atoms with Crippen LogP contribution in [-0.2, 0) is 10.0 Å². The molecule has 0 rings (SSSR count). The molecule has 0 bridgehead atoms. The van der Waals surface area contributed by atoms with Crippen LogP contribution in [0.1, 0.15) is 13.3 Å². The van der Waals surface area contributed by atoms with Gasteiger partial charge in [-0.1, -0.05) is 6.92 Å². The first kappa shape index (κ1) is 12.5. The van der Waals surface area contributed by atoms with Crippen molar-refractivity contribution in [1.82, 2.24) is 4.72 Å². The Morgan fingerprint density at radius 3 is 1.83 bits per heavy atom. The molecule has 1 N–H and O–H groups in total. The zero-order valence-corrected chi connectivity index (χ0v) is 9.43. The van der Waals surface area contributed by atoms with Gasteiger partial charge in [0.25, 0.3) is 0 Å². The minimum Gasteiger partial charge on any atom is -0.213 e. The summed E-state index contributed by atoms with van der Waals surface area (Å²) in [7, 11) is -3.24. The fourth-order valence-electron chi connectivity index (χ4n) is 0.745. The Labute approximate surface area is 83.5 Å². The van der Waals surface area contributed by atoms with E-state index in [0.717, 1.165) is 6.26 Å². The van der Waals surface area contributed by atoms with Crippen molar-refractivity contribution < 1.29 is 8.42 Å². The van der Waals surface area contributed by atoms with Gasteiger partial charge in [-0.15, -0.1) is 23.2 Å². The number of halogens is 2. The highest BCUT2D eigenvalue weighted by Crippen LogP contribution is 2.15. The molecule has 0 aromatic rings. The number of rotatable bonds is 5. The molecular weight excluding hydrogens is 221 g/mol. The smallest absolute Gasteiger partial charge is 0.209 e. The Morgan fingerprint density at radius 1 is 1.33 bits per heavy atom. The molecule has 0 fully saturated rings. The van der Waals surface area contributed by atoms with E-state index in [1.807, 2.05) is 6.92 Å². The van der Waals surface area contributed by atoms with Crippen LogP contribution in [0, 0.1) is 0 Å². The molecule has 0 heterocycles. The fraction of sp³-hybridized carbons (Fsp3) is 1.00. The van der Waals surface area contributed by atoms with Gasteiger partial charge in [-0.05, 0) is 6.42 Å². The summed E-state index contributed by atoms with van der Waals surface area (Å²) in [5, 5.41) is 0. The van der Waals surface area contributed by atoms with E-state index in [-0.39, 0.29) is 11.8 Å². The quantitative estimate of drug-likeness (QED) is 0.725. The van der Waals surface area contributed by atoms with Gasteiger partial charge in [0.05, 0.1) is 11.8 Å². The van der Waals surface area contributed by atoms with Crippen LogP contribution >= 0.6 is 23.2 Å². The highest BCUT2D eigenvalue weighted by atomic mass is 35.5. The first-order chi connectivity index (χ1) is 5.39. The molecule has 74 valence electrons. The summed E-state index contributed by atoms with van der Waals surface area (Å²) in [6, 6.07) is 0. The summed E-state index contributed by atoms with van der Waals surface area (Å²) in [4.78, 5) is 0. The third-order valence-electron chi connectivity index (χ3n) is 1.59. The Morgan fingerprint density at radius 2 is 1.75 bits per heavy atom. The summed E-state index contributed by atoms with van der Waals surface area (Å²) in [5.74, 6) is 0.361. The van der Waals surface area contributed by atoms with Gasteiger partial charge in [-0.25, -0.2) is 13.1 Å². The molecule has 3 nitrogen and oxygen atoms in total. The predicted molar refractivity (Wildman–Crippen MR) is 52.4 cm³/mol. The van der Waals surface area contributed by atoms with Crippen LogP contribution in [-0.4, -0.2) is 32.0 Å². The molecule has 0 unspecified atom stereocenters. The van der Waals surface area contributed by atoms with Crippen molar-refractivity contribution in [2.24, 2.45) is 0 Å². The highest BCUT2D eigenvalue weighted by Gasteiger charge is 2.29. The lowest BCUT2D eigenvalue weighted by Gasteiger charge is -2.27. The van der Waals surface area contributed by atoms with E-state index in [1.165, 1.54) is 0 Å². The minimum atomic E-state index is -3.24. The zero-order chi connectivity index (χ0) is 9.83. The standard InChI is InChI=1S/C6H13Cl2NO2S/c1-3-6(4-7,5-8)9-12(2,10)11/h9H,3-5H2,1-2H3. The third kappa shape index (κ3) is 3.94. The van der Waals surface area contributed by atoms with E-state index in [4.69, 9.17) is 23.2 Å². The second kappa shape index (κ2) is 4.65. The molecule has 0 amide bonds. The molecule has 0 aliphatic rings. The van der Waals surface area contributed by atoms with Crippen LogP contribution < -0.4 is 4.72 Å². The van der Waals surface area contributed by atoms with E-state index in [9.17, 15) is 8.42 Å². The molecule has 0 atom stereocenters. The second-order valence-corrected chi connectivity index (χ2v) is 5.06. The van der Waals surface area contributed by atoms with Crippen LogP contribution in [0.15, 0.2) is 0 Å². The summed E-state index contributed by atoms with van der Waals surface area (Å²) in [6.45, 7) is 1.84. The Hall–Kier alpha value is 0.490. The van der Waals surface area contributed by atoms with Gasteiger partial charge in [0, 0.05) is 11.8 Å². The maximum Gasteiger partial charge on any atom is 0.209 e. The first-order valence-corrected chi connectivity index (χ1v) is 6.46. The summed E-state index contributed by atoms with van der Waals surface area (Å²) in [6.07, 6.45) is 1.67. The third-order valence-corrected chi connectivity index (χ3v) is 3.42. The number of hydrogen-bond donors (Lipinski definition) is 1. The highest BCUT2D eigenvalue weighted by molar-refractivity contribution is 7.88. The first-order valence-electron chi connectivity index (χ1n) is 3.50. The van der Waals surface area contributed by atoms with Crippen molar-refractivity contribution in [3.8, 4) is 0 Å². The number of alkyl halides is 2. The van der Waals surface area contributed by atoms with E-state index < -0.39 is 15.6 Å². The summed E-state index contributed by atoms with van der Waals surface area (Å²) < 4.78 is 24.2. The van der Waals surface area contributed by atoms with Crippen molar-refractivity contribution >= 4 is 33.2 Å². The molecular formula is C6H13Cl2NO2S. The molecule has 0 saturated heterocycles. The summed E-state index contributed by atoms with van der Waals surface area (Å²) >= 11 is 11.2. The van der Waals surface area contributed by atoms with E-state index in [0.29, 0.717) is 6.42 Å². The van der Waals surface area contributed by atoms with Crippen molar-refractivity contribution in [1.29, 1.82) is 0 Å². The molecule has 0 aliphatic heterocycles. The topological polar surface area (TPSA) is 46.2 Å². The average molecular weight is 234 g/mol. The maximum atomic E-state index is 10.9. The largest absolute Gasteiger partial charge is 0.213 e. The van der Waals surface area contributed by atoms with Crippen molar-refractivity contribution in [2.45, 2.75) is 18.9 Å². The van der Waals surface area contributed by atoms with Crippen LogP contribution in [0.5, 0.6) is 0 Å². The Kier molecular flexibility index (Phi) is 4.84. The zero-order valence-electron chi connectivity index (χ0n) is 7.10. The Balaban J connectivity index is 4.52. The van der Waals surface area contributed by atoms with Crippen molar-refractivity contribution in [3.63, 3.8) is 0 Å². The van der Waals surface area contributed by atoms with Crippen molar-refractivity contribution in [3.05, 3.63) is 0 Å². The minimum absolute atomic E-state index is 0.181. The number of sulfonamides is 1. The van der Waals surface area contributed by atoms with E-state index in [1.54, 1.807) is 0 Å². The van der Waals surface area contributed by atoms with Crippen LogP contribution in [0.25, 0.3) is 0 Å². The lowest BCUT2D eigenvalue weighted by atomic mass is 10.0. The van der Waals surface area contributed by atoms with Crippen molar-refractivity contribution in [2.75, 3.05) is 18.0 Å². The van der Waals surface area contributed by atoms with Gasteiger partial charge in [0.2, 0.25) is 10.0 Å². The van der Waals surface area contributed by atoms with Gasteiger partial charge in [-0.2, -0.15) is 0 Å². The van der Waals surface area contributed by atoms with E-state index in [2.05, 4.69) is 4.72 Å². The van der Waals surface area contributed by atoms with Gasteiger partial charge in [0.1, 0.15) is 0 Å². The van der Waals surface area contributed by atoms with Gasteiger partial charge >= 0.3 is 0 Å². The molecule has 0 radical (unpaired) electrons. The fourth-order valence-corrected chi connectivity index (χ4v) is 2.78. The normalized spacial score (nSPS) is 13.3. The average Bonchev–Trinajstić information content (AvgIpc) is 1.99. The molecule has 0 aliphatic carbocycles. The molecule has 0 aromatic heterocycles. The van der Waals surface area contributed by atoms with Crippen LogP contribution in [0.2, 0.25) is 0 Å². The van der Waals surface area contributed by atoms with Gasteiger partial charge in [-0.3, -0.25) is 0 Å². The Bertz CT molecular complexity index is 215. The monoisotopic (exact) mass is 233 g/mol. The van der Waals surface area contributed by atoms with Crippen LogP contribution in [0.4, 0.5) is 0 Å². The lowest BCUT2D eigenvalue weighted by molar-refractivity contribution is 0.452. The number of hydrogen-bond acceptors (Lipinski definition) is 2. The molecule has 6 heteroatoms. The van der Waals surface area contributed by atoms with Crippen LogP contribution in [0.3, 0.4) is 0 Å². The second-order valence-electron chi connectivity index (χ2n) is 2.78. The molecule has 12 heavy (non-hydrogen) atoms. The van der Waals surface area contributed by atoms with E-state index >= 15 is 0 Å². The lowest BCUT2D eigenvalue weighted by Crippen LogP contribution is -2.50. The SMILES string of the molecule is CCC(CCl)(CCl)NS(C)(=O)=O. The molecule has 0 spiro atoms. The van der Waals surface area contributed by atoms with Gasteiger partial charge < -0.3 is 0 Å².